The number of para-hydroxylation sites is 1. The Bertz CT molecular complexity index is 963. The molecule has 0 spiro atoms. The number of rotatable bonds is 2. The zero-order valence-corrected chi connectivity index (χ0v) is 17.9. The van der Waals surface area contributed by atoms with Crippen molar-refractivity contribution in [1.82, 2.24) is 0 Å². The lowest BCUT2D eigenvalue weighted by Crippen LogP contribution is -2.54. The number of fused-ring (bicyclic) bond motifs is 4. The summed E-state index contributed by atoms with van der Waals surface area (Å²) in [7, 11) is 0. The van der Waals surface area contributed by atoms with Crippen LogP contribution in [0.4, 0.5) is 5.69 Å². The monoisotopic (exact) mass is 405 g/mol. The summed E-state index contributed by atoms with van der Waals surface area (Å²) in [5, 5.41) is 13.5. The first-order chi connectivity index (χ1) is 14.3. The van der Waals surface area contributed by atoms with Crippen LogP contribution in [0.5, 0.6) is 0 Å². The Hall–Kier alpha value is -2.36. The Morgan fingerprint density at radius 2 is 1.97 bits per heavy atom. The molecule has 6 atom stereocenters. The zero-order chi connectivity index (χ0) is 21.1. The summed E-state index contributed by atoms with van der Waals surface area (Å²) in [6.07, 6.45) is 12.7. The number of allylic oxidation sites excluding steroid dienone is 4. The summed E-state index contributed by atoms with van der Waals surface area (Å²) in [6.45, 7) is 4.33. The minimum absolute atomic E-state index is 0.0130. The van der Waals surface area contributed by atoms with E-state index < -0.39 is 11.4 Å². The van der Waals surface area contributed by atoms with Crippen molar-refractivity contribution in [3.63, 3.8) is 0 Å². The fourth-order valence-corrected chi connectivity index (χ4v) is 7.08. The Balaban J connectivity index is 1.55. The molecule has 2 fully saturated rings. The molecule has 0 bridgehead atoms. The quantitative estimate of drug-likeness (QED) is 0.491. The van der Waals surface area contributed by atoms with Gasteiger partial charge in [-0.1, -0.05) is 37.3 Å². The molecule has 0 radical (unpaired) electrons. The van der Waals surface area contributed by atoms with Crippen molar-refractivity contribution in [2.45, 2.75) is 52.4 Å². The van der Waals surface area contributed by atoms with Crippen LogP contribution in [0.2, 0.25) is 0 Å². The van der Waals surface area contributed by atoms with E-state index in [1.54, 1.807) is 0 Å². The molecule has 0 aromatic heterocycles. The van der Waals surface area contributed by atoms with Gasteiger partial charge >= 0.3 is 5.97 Å². The van der Waals surface area contributed by atoms with Gasteiger partial charge in [0.15, 0.2) is 0 Å². The average molecular weight is 406 g/mol. The van der Waals surface area contributed by atoms with Crippen LogP contribution in [0.15, 0.2) is 48.2 Å². The molecule has 3 aliphatic carbocycles. The third-order valence-corrected chi connectivity index (χ3v) is 8.98. The molecule has 158 valence electrons. The van der Waals surface area contributed by atoms with Gasteiger partial charge in [-0.2, -0.15) is 0 Å². The first-order valence-corrected chi connectivity index (χ1v) is 11.4. The Labute approximate surface area is 178 Å². The van der Waals surface area contributed by atoms with Gasteiger partial charge < -0.3 is 10.4 Å². The average Bonchev–Trinajstić information content (AvgIpc) is 3.05. The molecule has 1 heterocycles. The smallest absolute Gasteiger partial charge is 0.309 e. The molecule has 2 saturated carbocycles. The van der Waals surface area contributed by atoms with E-state index in [1.165, 1.54) is 0 Å². The lowest BCUT2D eigenvalue weighted by Gasteiger charge is -2.59. The first kappa shape index (κ1) is 19.6. The van der Waals surface area contributed by atoms with Crippen LogP contribution in [0.3, 0.4) is 0 Å². The molecule has 1 aliphatic heterocycles. The maximum atomic E-state index is 13.0. The van der Waals surface area contributed by atoms with Gasteiger partial charge in [0.1, 0.15) is 0 Å². The van der Waals surface area contributed by atoms with E-state index in [0.29, 0.717) is 35.4 Å². The van der Waals surface area contributed by atoms with E-state index in [2.05, 4.69) is 24.4 Å². The van der Waals surface area contributed by atoms with E-state index in [-0.39, 0.29) is 17.1 Å². The number of aliphatic carboxylic acids is 1. The summed E-state index contributed by atoms with van der Waals surface area (Å²) < 4.78 is 0. The number of carboxylic acids is 1. The third-order valence-electron chi connectivity index (χ3n) is 8.98. The number of hydrogen-bond donors (Lipinski definition) is 2. The van der Waals surface area contributed by atoms with Crippen molar-refractivity contribution in [3.8, 4) is 0 Å². The van der Waals surface area contributed by atoms with Crippen LogP contribution in [0.25, 0.3) is 0 Å². The Morgan fingerprint density at radius 3 is 2.73 bits per heavy atom. The number of anilines is 1. The summed E-state index contributed by atoms with van der Waals surface area (Å²) >= 11 is 0. The topological polar surface area (TPSA) is 66.4 Å². The van der Waals surface area contributed by atoms with Gasteiger partial charge in [-0.15, -0.1) is 0 Å². The largest absolute Gasteiger partial charge is 0.481 e. The summed E-state index contributed by atoms with van der Waals surface area (Å²) in [4.78, 5) is 25.5. The highest BCUT2D eigenvalue weighted by atomic mass is 16.4. The van der Waals surface area contributed by atoms with E-state index >= 15 is 0 Å². The standard InChI is InChI=1S/C26H31NO3/c1-25-13-6-5-7-16(25)10-11-17-19(25)12-14-26(2,24(29)30)20(17)15-22-23(28)18-8-3-4-9-21(18)27-22/h3-6,8-9,15-17,19-20,27H,7,10-14H2,1-2H3,(H,29,30)/b22-15+/t16-,17-,19+,20+,25+,26+/m1/s1. The minimum Gasteiger partial charge on any atom is -0.481 e. The van der Waals surface area contributed by atoms with Gasteiger partial charge in [-0.05, 0) is 86.7 Å². The van der Waals surface area contributed by atoms with Crippen molar-refractivity contribution in [1.29, 1.82) is 0 Å². The maximum Gasteiger partial charge on any atom is 0.309 e. The summed E-state index contributed by atoms with van der Waals surface area (Å²) in [5.74, 6) is 0.621. The van der Waals surface area contributed by atoms with Gasteiger partial charge in [0, 0.05) is 11.3 Å². The minimum atomic E-state index is -0.835. The van der Waals surface area contributed by atoms with Gasteiger partial charge in [-0.25, -0.2) is 0 Å². The van der Waals surface area contributed by atoms with Gasteiger partial charge in [0.2, 0.25) is 5.78 Å². The summed E-state index contributed by atoms with van der Waals surface area (Å²) in [6, 6.07) is 7.54. The Kier molecular flexibility index (Phi) is 4.46. The van der Waals surface area contributed by atoms with Crippen molar-refractivity contribution in [2.24, 2.45) is 34.5 Å². The first-order valence-electron chi connectivity index (χ1n) is 11.4. The second-order valence-corrected chi connectivity index (χ2v) is 10.3. The fourth-order valence-electron chi connectivity index (χ4n) is 7.08. The fraction of sp³-hybridized carbons (Fsp3) is 0.538. The summed E-state index contributed by atoms with van der Waals surface area (Å²) in [5.41, 5.74) is 1.47. The number of benzene rings is 1. The van der Waals surface area contributed by atoms with Gasteiger partial charge in [0.05, 0.1) is 11.1 Å². The molecule has 4 nitrogen and oxygen atoms in total. The number of carboxylic acid groups (broad SMARTS) is 1. The van der Waals surface area contributed by atoms with Crippen molar-refractivity contribution >= 4 is 17.4 Å². The lowest BCUT2D eigenvalue weighted by molar-refractivity contribution is -0.161. The van der Waals surface area contributed by atoms with E-state index in [1.807, 2.05) is 37.3 Å². The molecule has 5 rings (SSSR count). The molecule has 0 saturated heterocycles. The highest BCUT2D eigenvalue weighted by Crippen LogP contribution is 2.62. The predicted octanol–water partition coefficient (Wildman–Crippen LogP) is 5.68. The second kappa shape index (κ2) is 6.83. The van der Waals surface area contributed by atoms with Crippen LogP contribution < -0.4 is 5.32 Å². The number of nitrogens with one attached hydrogen (secondary N) is 1. The number of hydrogen-bond acceptors (Lipinski definition) is 3. The molecule has 0 amide bonds. The molecular weight excluding hydrogens is 374 g/mol. The highest BCUT2D eigenvalue weighted by molar-refractivity contribution is 6.18. The highest BCUT2D eigenvalue weighted by Gasteiger charge is 2.57. The molecule has 0 unspecified atom stereocenters. The normalized spacial score (nSPS) is 41.0. The zero-order valence-electron chi connectivity index (χ0n) is 17.9. The molecule has 1 aromatic rings. The maximum absolute atomic E-state index is 13.0. The van der Waals surface area contributed by atoms with Crippen LogP contribution in [0.1, 0.15) is 62.7 Å². The molecule has 4 heteroatoms. The van der Waals surface area contributed by atoms with Crippen molar-refractivity contribution in [3.05, 3.63) is 53.8 Å². The van der Waals surface area contributed by atoms with Crippen molar-refractivity contribution in [2.75, 3.05) is 5.32 Å². The van der Waals surface area contributed by atoms with Gasteiger partial charge in [-0.3, -0.25) is 9.59 Å². The molecular formula is C26H31NO3. The predicted molar refractivity (Wildman–Crippen MR) is 117 cm³/mol. The molecule has 4 aliphatic rings. The van der Waals surface area contributed by atoms with E-state index in [9.17, 15) is 14.7 Å². The Morgan fingerprint density at radius 1 is 1.17 bits per heavy atom. The second-order valence-electron chi connectivity index (χ2n) is 10.3. The molecule has 1 aromatic carbocycles. The lowest BCUT2D eigenvalue weighted by atomic mass is 9.45. The van der Waals surface area contributed by atoms with E-state index in [0.717, 1.165) is 37.8 Å². The number of carbonyl (C=O) groups is 2. The molecule has 30 heavy (non-hydrogen) atoms. The van der Waals surface area contributed by atoms with Crippen LogP contribution in [0, 0.1) is 34.5 Å². The van der Waals surface area contributed by atoms with Gasteiger partial charge in [0.25, 0.3) is 0 Å². The molecule has 2 N–H and O–H groups in total. The van der Waals surface area contributed by atoms with E-state index in [4.69, 9.17) is 0 Å². The third kappa shape index (κ3) is 2.72. The van der Waals surface area contributed by atoms with Crippen LogP contribution in [-0.4, -0.2) is 16.9 Å². The SMILES string of the molecule is C[C@]12CC=CC[C@@H]1CC[C@@H]1[C@@H]2CC[C@](C)(C(=O)O)[C@H]1/C=C1/Nc2ccccc2C1=O. The van der Waals surface area contributed by atoms with Crippen LogP contribution in [-0.2, 0) is 4.79 Å². The van der Waals surface area contributed by atoms with Crippen molar-refractivity contribution < 1.29 is 14.7 Å². The number of Topliss-reactive ketones (excluding diaryl/α,β-unsaturated/α-hetero) is 1. The number of carbonyl (C=O) groups excluding carboxylic acids is 1. The van der Waals surface area contributed by atoms with Crippen LogP contribution >= 0.6 is 0 Å². The number of ketones is 1.